The second kappa shape index (κ2) is 16.2. The van der Waals surface area contributed by atoms with Crippen LogP contribution in [-0.2, 0) is 50.1 Å². The van der Waals surface area contributed by atoms with E-state index in [4.69, 9.17) is 0 Å². The average Bonchev–Trinajstić information content (AvgIpc) is 3.80. The van der Waals surface area contributed by atoms with Gasteiger partial charge in [-0.05, 0) is 129 Å². The van der Waals surface area contributed by atoms with Gasteiger partial charge in [-0.15, -0.1) is 11.3 Å². The number of carbonyl (C=O) groups is 4. The number of anilines is 5. The number of thiophene rings is 1. The zero-order chi connectivity index (χ0) is 39.7. The lowest BCUT2D eigenvalue weighted by Gasteiger charge is -2.34. The Morgan fingerprint density at radius 2 is 1.50 bits per heavy atom. The van der Waals surface area contributed by atoms with E-state index in [2.05, 4.69) is 0 Å². The van der Waals surface area contributed by atoms with Crippen LogP contribution in [0.2, 0.25) is 0 Å². The molecule has 0 radical (unpaired) electrons. The molecule has 2 aliphatic carbocycles. The Kier molecular flexibility index (Phi) is 11.3. The number of fused-ring (bicyclic) bond motifs is 2. The molecule has 14 heteroatoms. The van der Waals surface area contributed by atoms with Crippen molar-refractivity contribution in [3.8, 4) is 0 Å². The fraction of sp³-hybridized carbons (Fsp3) is 0.381. The molecule has 2 heterocycles. The Labute approximate surface area is 331 Å². The van der Waals surface area contributed by atoms with E-state index in [1.165, 1.54) is 20.5 Å². The van der Waals surface area contributed by atoms with Gasteiger partial charge in [0.15, 0.2) is 0 Å². The SMILES string of the molecule is CN(C)c1ccc(S(=O)(=O)N2CCC3CC(C(=O)O)CCC32)cc1N(C=O)c1sc2c(c1N(C=O)c1ccc(CCc3ccc(C(=O)O)cc3)cc1)CCCC2. The number of carbonyl (C=O) groups excluding carboxylic acids is 2. The molecular formula is C42H46N4O8S2. The zero-order valence-corrected chi connectivity index (χ0v) is 33.1. The highest BCUT2D eigenvalue weighted by Crippen LogP contribution is 2.51. The summed E-state index contributed by atoms with van der Waals surface area (Å²) in [6, 6.07) is 19.1. The Bertz CT molecular complexity index is 2240. The molecule has 1 aliphatic heterocycles. The third-order valence-electron chi connectivity index (χ3n) is 11.6. The summed E-state index contributed by atoms with van der Waals surface area (Å²) in [6.45, 7) is 0.306. The normalized spacial score (nSPS) is 19.4. The van der Waals surface area contributed by atoms with E-state index in [1.54, 1.807) is 35.2 Å². The topological polar surface area (TPSA) is 156 Å². The molecule has 12 nitrogen and oxygen atoms in total. The molecule has 1 aromatic heterocycles. The van der Waals surface area contributed by atoms with Crippen molar-refractivity contribution in [2.24, 2.45) is 11.8 Å². The number of benzene rings is 3. The number of sulfonamides is 1. The Hall–Kier alpha value is -5.05. The van der Waals surface area contributed by atoms with Gasteiger partial charge in [0.05, 0.1) is 33.4 Å². The summed E-state index contributed by atoms with van der Waals surface area (Å²) in [5.74, 6) is -2.28. The van der Waals surface area contributed by atoms with Crippen molar-refractivity contribution < 1.29 is 37.8 Å². The van der Waals surface area contributed by atoms with Gasteiger partial charge in [-0.25, -0.2) is 13.2 Å². The second-order valence-corrected chi connectivity index (χ2v) is 18.1. The van der Waals surface area contributed by atoms with Crippen LogP contribution in [0.4, 0.5) is 27.8 Å². The number of carboxylic acids is 2. The molecule has 3 unspecified atom stereocenters. The van der Waals surface area contributed by atoms with Crippen molar-refractivity contribution in [3.63, 3.8) is 0 Å². The van der Waals surface area contributed by atoms with E-state index < -0.39 is 27.9 Å². The van der Waals surface area contributed by atoms with Gasteiger partial charge in [0.25, 0.3) is 0 Å². The first-order chi connectivity index (χ1) is 26.9. The second-order valence-electron chi connectivity index (χ2n) is 15.1. The van der Waals surface area contributed by atoms with Crippen molar-refractivity contribution >= 4 is 73.9 Å². The Balaban J connectivity index is 1.21. The molecule has 0 bridgehead atoms. The minimum atomic E-state index is -4.01. The lowest BCUT2D eigenvalue weighted by atomic mass is 9.79. The summed E-state index contributed by atoms with van der Waals surface area (Å²) < 4.78 is 30.2. The van der Waals surface area contributed by atoms with Crippen molar-refractivity contribution in [1.29, 1.82) is 0 Å². The first-order valence-corrected chi connectivity index (χ1v) is 21.3. The highest BCUT2D eigenvalue weighted by molar-refractivity contribution is 7.89. The summed E-state index contributed by atoms with van der Waals surface area (Å²) in [5, 5.41) is 19.3. The van der Waals surface area contributed by atoms with Crippen LogP contribution in [-0.4, -0.2) is 74.4 Å². The summed E-state index contributed by atoms with van der Waals surface area (Å²) in [5.41, 5.74) is 5.51. The monoisotopic (exact) mass is 798 g/mol. The third-order valence-corrected chi connectivity index (χ3v) is 14.8. The van der Waals surface area contributed by atoms with Crippen LogP contribution in [0, 0.1) is 11.8 Å². The number of amides is 2. The van der Waals surface area contributed by atoms with Crippen molar-refractivity contribution in [1.82, 2.24) is 4.31 Å². The van der Waals surface area contributed by atoms with Gasteiger partial charge in [0, 0.05) is 37.2 Å². The number of hydrogen-bond donors (Lipinski definition) is 2. The summed E-state index contributed by atoms with van der Waals surface area (Å²) in [4.78, 5) is 55.4. The molecule has 1 saturated carbocycles. The van der Waals surface area contributed by atoms with Crippen LogP contribution in [0.25, 0.3) is 0 Å². The maximum atomic E-state index is 14.4. The van der Waals surface area contributed by atoms with Crippen LogP contribution in [0.15, 0.2) is 71.6 Å². The van der Waals surface area contributed by atoms with Crippen molar-refractivity contribution in [2.75, 3.05) is 35.3 Å². The molecule has 3 aromatic carbocycles. The molecule has 1 saturated heterocycles. The number of aliphatic carboxylic acids is 1. The van der Waals surface area contributed by atoms with E-state index in [0.29, 0.717) is 79.2 Å². The number of rotatable bonds is 14. The highest BCUT2D eigenvalue weighted by Gasteiger charge is 2.46. The molecule has 56 heavy (non-hydrogen) atoms. The van der Waals surface area contributed by atoms with Gasteiger partial charge in [-0.3, -0.25) is 24.2 Å². The highest BCUT2D eigenvalue weighted by atomic mass is 32.2. The number of nitrogens with zero attached hydrogens (tertiary/aromatic N) is 4. The summed E-state index contributed by atoms with van der Waals surface area (Å²) in [7, 11) is -0.354. The zero-order valence-electron chi connectivity index (χ0n) is 31.5. The number of carboxylic acid groups (broad SMARTS) is 2. The molecule has 294 valence electrons. The van der Waals surface area contributed by atoms with Gasteiger partial charge in [-0.1, -0.05) is 24.3 Å². The molecule has 3 aliphatic rings. The minimum absolute atomic E-state index is 0.0205. The number of aromatic carboxylic acids is 1. The molecular weight excluding hydrogens is 753 g/mol. The lowest BCUT2D eigenvalue weighted by Crippen LogP contribution is -2.41. The molecule has 2 fully saturated rings. The average molecular weight is 799 g/mol. The van der Waals surface area contributed by atoms with E-state index in [-0.39, 0.29) is 22.4 Å². The van der Waals surface area contributed by atoms with Crippen LogP contribution in [0.5, 0.6) is 0 Å². The maximum Gasteiger partial charge on any atom is 0.335 e. The standard InChI is InChI=1S/C42H46N4O8S2/c1-43(2)36-20-18-33(56(53,54)46-22-21-30-23-31(42(51)52)15-19-35(30)46)24-37(36)45(26-48)40-39(34-5-3-4-6-38(34)55-40)44(25-47)32-16-11-28(12-17-32)8-7-27-9-13-29(14-10-27)41(49)50/h9-14,16-18,20,24-26,30-31,35H,3-8,15,19,21-23H2,1-2H3,(H,49,50)(H,51,52). The van der Waals surface area contributed by atoms with Gasteiger partial charge in [0.1, 0.15) is 5.00 Å². The largest absolute Gasteiger partial charge is 0.481 e. The molecule has 3 atom stereocenters. The molecule has 0 spiro atoms. The van der Waals surface area contributed by atoms with Crippen LogP contribution in [0.3, 0.4) is 0 Å². The van der Waals surface area contributed by atoms with E-state index in [9.17, 15) is 37.8 Å². The fourth-order valence-corrected chi connectivity index (χ4v) is 11.7. The van der Waals surface area contributed by atoms with Crippen LogP contribution >= 0.6 is 11.3 Å². The maximum absolute atomic E-state index is 14.4. The molecule has 7 rings (SSSR count). The molecule has 4 aromatic rings. The third kappa shape index (κ3) is 7.57. The fourth-order valence-electron chi connectivity index (χ4n) is 8.62. The van der Waals surface area contributed by atoms with Crippen molar-refractivity contribution in [3.05, 3.63) is 93.9 Å². The van der Waals surface area contributed by atoms with Gasteiger partial charge >= 0.3 is 11.9 Å². The first-order valence-electron chi connectivity index (χ1n) is 19.0. The Morgan fingerprint density at radius 3 is 2.12 bits per heavy atom. The molecule has 2 amide bonds. The predicted molar refractivity (Wildman–Crippen MR) is 216 cm³/mol. The van der Waals surface area contributed by atoms with Crippen molar-refractivity contribution in [2.45, 2.75) is 75.1 Å². The quantitative estimate of drug-likeness (QED) is 0.128. The van der Waals surface area contributed by atoms with Gasteiger partial charge < -0.3 is 15.1 Å². The first kappa shape index (κ1) is 39.2. The van der Waals surface area contributed by atoms with E-state index in [1.807, 2.05) is 55.4 Å². The predicted octanol–water partition coefficient (Wildman–Crippen LogP) is 7.03. The summed E-state index contributed by atoms with van der Waals surface area (Å²) in [6.07, 6.45) is 8.28. The summed E-state index contributed by atoms with van der Waals surface area (Å²) >= 11 is 1.45. The van der Waals surface area contributed by atoms with E-state index >= 15 is 0 Å². The van der Waals surface area contributed by atoms with Gasteiger partial charge in [0.2, 0.25) is 22.8 Å². The van der Waals surface area contributed by atoms with Crippen LogP contribution < -0.4 is 14.7 Å². The number of aryl methyl sites for hydroxylation is 3. The van der Waals surface area contributed by atoms with Crippen LogP contribution in [0.1, 0.15) is 70.5 Å². The smallest absolute Gasteiger partial charge is 0.335 e. The number of hydrogen-bond acceptors (Lipinski definition) is 8. The van der Waals surface area contributed by atoms with E-state index in [0.717, 1.165) is 53.7 Å². The lowest BCUT2D eigenvalue weighted by molar-refractivity contribution is -0.143. The molecule has 2 N–H and O–H groups in total. The Morgan fingerprint density at radius 1 is 0.839 bits per heavy atom. The van der Waals surface area contributed by atoms with Gasteiger partial charge in [-0.2, -0.15) is 4.31 Å². The minimum Gasteiger partial charge on any atom is -0.481 e.